The lowest BCUT2D eigenvalue weighted by molar-refractivity contribution is 0.0997. The second kappa shape index (κ2) is 8.40. The maximum atomic E-state index is 10.9. The van der Waals surface area contributed by atoms with Gasteiger partial charge < -0.3 is 15.6 Å². The van der Waals surface area contributed by atoms with Crippen molar-refractivity contribution in [2.24, 2.45) is 5.73 Å². The summed E-state index contributed by atoms with van der Waals surface area (Å²) >= 11 is 0. The van der Waals surface area contributed by atoms with Gasteiger partial charge in [-0.3, -0.25) is 4.79 Å². The van der Waals surface area contributed by atoms with Crippen molar-refractivity contribution >= 4 is 5.91 Å². The number of ether oxygens (including phenoxy) is 1. The molecule has 0 spiro atoms. The summed E-state index contributed by atoms with van der Waals surface area (Å²) in [6, 6.07) is 4.56. The van der Waals surface area contributed by atoms with Crippen molar-refractivity contribution in [2.45, 2.75) is 45.4 Å². The monoisotopic (exact) mass is 265 g/mol. The summed E-state index contributed by atoms with van der Waals surface area (Å²) in [6.07, 6.45) is 7.23. The van der Waals surface area contributed by atoms with Gasteiger partial charge in [-0.05, 0) is 18.6 Å². The van der Waals surface area contributed by atoms with E-state index in [2.05, 4.69) is 6.92 Å². The molecule has 1 aromatic carbocycles. The Bertz CT molecular complexity index is 404. The van der Waals surface area contributed by atoms with Gasteiger partial charge in [0.2, 0.25) is 0 Å². The van der Waals surface area contributed by atoms with Crippen molar-refractivity contribution < 1.29 is 14.6 Å². The zero-order valence-electron chi connectivity index (χ0n) is 11.5. The van der Waals surface area contributed by atoms with Crippen LogP contribution in [0.3, 0.4) is 0 Å². The van der Waals surface area contributed by atoms with E-state index < -0.39 is 5.91 Å². The molecule has 0 fully saturated rings. The highest BCUT2D eigenvalue weighted by Crippen LogP contribution is 2.23. The van der Waals surface area contributed by atoms with E-state index in [1.54, 1.807) is 6.07 Å². The number of hydrogen-bond donors (Lipinski definition) is 2. The number of rotatable bonds is 9. The number of carbonyl (C=O) groups is 1. The van der Waals surface area contributed by atoms with Gasteiger partial charge in [-0.2, -0.15) is 0 Å². The summed E-state index contributed by atoms with van der Waals surface area (Å²) < 4.78 is 5.52. The van der Waals surface area contributed by atoms with Gasteiger partial charge in [0.15, 0.2) is 0 Å². The van der Waals surface area contributed by atoms with E-state index in [1.807, 2.05) is 0 Å². The topological polar surface area (TPSA) is 72.5 Å². The Balaban J connectivity index is 2.26. The maximum Gasteiger partial charge on any atom is 0.252 e. The van der Waals surface area contributed by atoms with E-state index in [9.17, 15) is 9.90 Å². The Kier molecular flexibility index (Phi) is 6.79. The van der Waals surface area contributed by atoms with Crippen molar-refractivity contribution in [2.75, 3.05) is 6.61 Å². The highest BCUT2D eigenvalue weighted by Gasteiger charge is 2.08. The van der Waals surface area contributed by atoms with E-state index in [0.29, 0.717) is 12.4 Å². The number of benzene rings is 1. The number of hydrogen-bond acceptors (Lipinski definition) is 3. The first-order valence-corrected chi connectivity index (χ1v) is 6.90. The molecule has 0 aliphatic rings. The third kappa shape index (κ3) is 5.64. The summed E-state index contributed by atoms with van der Waals surface area (Å²) in [7, 11) is 0. The molecule has 0 saturated heterocycles. The van der Waals surface area contributed by atoms with Crippen LogP contribution in [-0.4, -0.2) is 17.6 Å². The predicted octanol–water partition coefficient (Wildman–Crippen LogP) is 3.23. The Hall–Kier alpha value is -1.71. The molecule has 0 atom stereocenters. The molecular weight excluding hydrogens is 242 g/mol. The normalized spacial score (nSPS) is 10.4. The molecule has 1 amide bonds. The van der Waals surface area contributed by atoms with Crippen molar-refractivity contribution in [1.29, 1.82) is 0 Å². The molecule has 0 saturated carbocycles. The summed E-state index contributed by atoms with van der Waals surface area (Å²) in [5.74, 6) is -0.205. The molecule has 0 unspecified atom stereocenters. The fraction of sp³-hybridized carbons (Fsp3) is 0.533. The molecule has 0 aromatic heterocycles. The van der Waals surface area contributed by atoms with Crippen LogP contribution >= 0.6 is 0 Å². The molecule has 1 aromatic rings. The van der Waals surface area contributed by atoms with E-state index in [-0.39, 0.29) is 11.3 Å². The van der Waals surface area contributed by atoms with Crippen molar-refractivity contribution in [3.05, 3.63) is 23.8 Å². The molecule has 1 rings (SSSR count). The van der Waals surface area contributed by atoms with Crippen LogP contribution in [0.4, 0.5) is 0 Å². The maximum absolute atomic E-state index is 10.9. The van der Waals surface area contributed by atoms with Crippen LogP contribution in [0.1, 0.15) is 55.8 Å². The summed E-state index contributed by atoms with van der Waals surface area (Å²) in [5, 5.41) is 9.58. The standard InChI is InChI=1S/C15H23NO3/c1-2-3-4-5-6-7-10-19-12-8-9-13(15(16)18)14(17)11-12/h8-9,11,17H,2-7,10H2,1H3,(H2,16,18). The van der Waals surface area contributed by atoms with Gasteiger partial charge in [-0.15, -0.1) is 0 Å². The molecule has 0 aliphatic carbocycles. The van der Waals surface area contributed by atoms with Crippen molar-refractivity contribution in [3.63, 3.8) is 0 Å². The van der Waals surface area contributed by atoms with E-state index in [0.717, 1.165) is 12.8 Å². The van der Waals surface area contributed by atoms with Gasteiger partial charge in [0.25, 0.3) is 5.91 Å². The molecule has 0 radical (unpaired) electrons. The first-order chi connectivity index (χ1) is 9.15. The molecule has 0 bridgehead atoms. The van der Waals surface area contributed by atoms with E-state index in [4.69, 9.17) is 10.5 Å². The lowest BCUT2D eigenvalue weighted by atomic mass is 10.1. The van der Waals surface area contributed by atoms with Crippen LogP contribution in [0, 0.1) is 0 Å². The van der Waals surface area contributed by atoms with Crippen LogP contribution in [0.15, 0.2) is 18.2 Å². The Morgan fingerprint density at radius 1 is 1.21 bits per heavy atom. The lowest BCUT2D eigenvalue weighted by Gasteiger charge is -2.08. The molecule has 106 valence electrons. The van der Waals surface area contributed by atoms with Gasteiger partial charge in [0.05, 0.1) is 12.2 Å². The van der Waals surface area contributed by atoms with Gasteiger partial charge >= 0.3 is 0 Å². The number of primary amides is 1. The molecule has 19 heavy (non-hydrogen) atoms. The Morgan fingerprint density at radius 2 is 1.89 bits per heavy atom. The molecule has 4 heteroatoms. The number of amides is 1. The van der Waals surface area contributed by atoms with Crippen LogP contribution in [-0.2, 0) is 0 Å². The number of nitrogens with two attached hydrogens (primary N) is 1. The van der Waals surface area contributed by atoms with Crippen LogP contribution in [0.25, 0.3) is 0 Å². The SMILES string of the molecule is CCCCCCCCOc1ccc(C(N)=O)c(O)c1. The molecular formula is C15H23NO3. The van der Waals surface area contributed by atoms with E-state index in [1.165, 1.54) is 37.8 Å². The van der Waals surface area contributed by atoms with Crippen molar-refractivity contribution in [3.8, 4) is 11.5 Å². The zero-order chi connectivity index (χ0) is 14.1. The number of phenols is 1. The highest BCUT2D eigenvalue weighted by atomic mass is 16.5. The van der Waals surface area contributed by atoms with Crippen LogP contribution < -0.4 is 10.5 Å². The first kappa shape index (κ1) is 15.3. The van der Waals surface area contributed by atoms with Gasteiger partial charge in [-0.1, -0.05) is 39.0 Å². The first-order valence-electron chi connectivity index (χ1n) is 6.90. The van der Waals surface area contributed by atoms with Crippen LogP contribution in [0.5, 0.6) is 11.5 Å². The van der Waals surface area contributed by atoms with Gasteiger partial charge in [0, 0.05) is 6.07 Å². The second-order valence-electron chi connectivity index (χ2n) is 4.66. The molecule has 3 N–H and O–H groups in total. The molecule has 4 nitrogen and oxygen atoms in total. The summed E-state index contributed by atoms with van der Waals surface area (Å²) in [5.41, 5.74) is 5.22. The largest absolute Gasteiger partial charge is 0.507 e. The molecule has 0 aliphatic heterocycles. The van der Waals surface area contributed by atoms with E-state index >= 15 is 0 Å². The number of unbranched alkanes of at least 4 members (excludes halogenated alkanes) is 5. The average Bonchev–Trinajstić information content (AvgIpc) is 2.37. The minimum atomic E-state index is -0.639. The fourth-order valence-electron chi connectivity index (χ4n) is 1.88. The van der Waals surface area contributed by atoms with Gasteiger partial charge in [0.1, 0.15) is 11.5 Å². The lowest BCUT2D eigenvalue weighted by Crippen LogP contribution is -2.11. The summed E-state index contributed by atoms with van der Waals surface area (Å²) in [6.45, 7) is 2.83. The summed E-state index contributed by atoms with van der Waals surface area (Å²) in [4.78, 5) is 10.9. The van der Waals surface area contributed by atoms with Gasteiger partial charge in [-0.25, -0.2) is 0 Å². The third-order valence-corrected chi connectivity index (χ3v) is 3.00. The third-order valence-electron chi connectivity index (χ3n) is 3.00. The minimum Gasteiger partial charge on any atom is -0.507 e. The second-order valence-corrected chi connectivity index (χ2v) is 4.66. The van der Waals surface area contributed by atoms with Crippen LogP contribution in [0.2, 0.25) is 0 Å². The quantitative estimate of drug-likeness (QED) is 0.673. The zero-order valence-corrected chi connectivity index (χ0v) is 11.5. The van der Waals surface area contributed by atoms with Crippen molar-refractivity contribution in [1.82, 2.24) is 0 Å². The number of aromatic hydroxyl groups is 1. The fourth-order valence-corrected chi connectivity index (χ4v) is 1.88. The number of carbonyl (C=O) groups excluding carboxylic acids is 1. The minimum absolute atomic E-state index is 0.118. The average molecular weight is 265 g/mol. The Labute approximate surface area is 114 Å². The Morgan fingerprint density at radius 3 is 2.53 bits per heavy atom. The molecule has 0 heterocycles. The highest BCUT2D eigenvalue weighted by molar-refractivity contribution is 5.95. The smallest absolute Gasteiger partial charge is 0.252 e. The predicted molar refractivity (Wildman–Crippen MR) is 75.5 cm³/mol.